The Bertz CT molecular complexity index is 781. The number of alkyl halides is 3. The highest BCUT2D eigenvalue weighted by atomic mass is 35.5. The van der Waals surface area contributed by atoms with E-state index in [2.05, 4.69) is 10.3 Å². The molecule has 0 unspecified atom stereocenters. The van der Waals surface area contributed by atoms with Gasteiger partial charge in [0.15, 0.2) is 0 Å². The van der Waals surface area contributed by atoms with Gasteiger partial charge in [-0.15, -0.1) is 0 Å². The third-order valence-corrected chi connectivity index (χ3v) is 3.02. The zero-order valence-corrected chi connectivity index (χ0v) is 11.9. The van der Waals surface area contributed by atoms with Crippen molar-refractivity contribution in [1.29, 1.82) is 0 Å². The van der Waals surface area contributed by atoms with Gasteiger partial charge < -0.3 is 5.32 Å². The van der Waals surface area contributed by atoms with E-state index in [1.165, 1.54) is 6.07 Å². The van der Waals surface area contributed by atoms with Crippen molar-refractivity contribution in [3.05, 3.63) is 62.8 Å². The first-order valence-corrected chi connectivity index (χ1v) is 6.36. The number of carbonyl (C=O) groups is 1. The van der Waals surface area contributed by atoms with E-state index < -0.39 is 39.0 Å². The van der Waals surface area contributed by atoms with Crippen LogP contribution in [0.3, 0.4) is 0 Å². The third-order valence-electron chi connectivity index (χ3n) is 2.74. The Balaban J connectivity index is 2.30. The SMILES string of the molecule is O=C(Nc1ccc([N+](=O)[O-])c(Cl)n1)c1ccccc1C(F)(F)F. The molecule has 1 N–H and O–H groups in total. The van der Waals surface area contributed by atoms with Gasteiger partial charge in [0.1, 0.15) is 5.82 Å². The van der Waals surface area contributed by atoms with Crippen molar-refractivity contribution in [2.75, 3.05) is 5.32 Å². The lowest BCUT2D eigenvalue weighted by molar-refractivity contribution is -0.385. The number of pyridine rings is 1. The zero-order chi connectivity index (χ0) is 17.2. The Labute approximate surface area is 132 Å². The van der Waals surface area contributed by atoms with E-state index >= 15 is 0 Å². The zero-order valence-electron chi connectivity index (χ0n) is 11.1. The molecule has 1 heterocycles. The van der Waals surface area contributed by atoms with Gasteiger partial charge in [0, 0.05) is 6.07 Å². The molecule has 0 spiro atoms. The second-order valence-corrected chi connectivity index (χ2v) is 4.62. The molecule has 1 amide bonds. The second-order valence-electron chi connectivity index (χ2n) is 4.26. The van der Waals surface area contributed by atoms with E-state index in [4.69, 9.17) is 11.6 Å². The molecule has 1 aromatic heterocycles. The van der Waals surface area contributed by atoms with E-state index in [0.717, 1.165) is 30.3 Å². The third kappa shape index (κ3) is 3.75. The van der Waals surface area contributed by atoms with Gasteiger partial charge in [-0.3, -0.25) is 14.9 Å². The molecule has 2 aromatic rings. The van der Waals surface area contributed by atoms with E-state index in [0.29, 0.717) is 0 Å². The average Bonchev–Trinajstić information content (AvgIpc) is 2.46. The van der Waals surface area contributed by atoms with Crippen LogP contribution >= 0.6 is 11.6 Å². The van der Waals surface area contributed by atoms with Crippen LogP contribution in [0.1, 0.15) is 15.9 Å². The quantitative estimate of drug-likeness (QED) is 0.519. The van der Waals surface area contributed by atoms with Crippen LogP contribution in [-0.4, -0.2) is 15.8 Å². The minimum absolute atomic E-state index is 0.206. The van der Waals surface area contributed by atoms with Crippen molar-refractivity contribution >= 4 is 29.0 Å². The second kappa shape index (κ2) is 6.21. The normalized spacial score (nSPS) is 11.1. The molecule has 0 saturated carbocycles. The maximum absolute atomic E-state index is 12.9. The van der Waals surface area contributed by atoms with Gasteiger partial charge in [-0.2, -0.15) is 13.2 Å². The van der Waals surface area contributed by atoms with Crippen LogP contribution in [-0.2, 0) is 6.18 Å². The molecule has 23 heavy (non-hydrogen) atoms. The lowest BCUT2D eigenvalue weighted by Crippen LogP contribution is -2.19. The maximum Gasteiger partial charge on any atom is 0.417 e. The number of hydrogen-bond acceptors (Lipinski definition) is 4. The lowest BCUT2D eigenvalue weighted by Gasteiger charge is -2.12. The molecule has 10 heteroatoms. The predicted molar refractivity (Wildman–Crippen MR) is 75.3 cm³/mol. The van der Waals surface area contributed by atoms with Crippen LogP contribution in [0, 0.1) is 10.1 Å². The molecule has 0 bridgehead atoms. The number of benzene rings is 1. The van der Waals surface area contributed by atoms with Crippen molar-refractivity contribution in [3.8, 4) is 0 Å². The summed E-state index contributed by atoms with van der Waals surface area (Å²) in [5.74, 6) is -1.27. The number of amides is 1. The molecular formula is C13H7ClF3N3O3. The monoisotopic (exact) mass is 345 g/mol. The summed E-state index contributed by atoms with van der Waals surface area (Å²) in [5.41, 5.74) is -2.19. The van der Waals surface area contributed by atoms with Gasteiger partial charge >= 0.3 is 11.9 Å². The van der Waals surface area contributed by atoms with Gasteiger partial charge in [-0.05, 0) is 18.2 Å². The number of aromatic nitrogens is 1. The largest absolute Gasteiger partial charge is 0.417 e. The fourth-order valence-electron chi connectivity index (χ4n) is 1.74. The van der Waals surface area contributed by atoms with E-state index in [9.17, 15) is 28.1 Å². The van der Waals surface area contributed by atoms with Crippen LogP contribution in [0.25, 0.3) is 0 Å². The van der Waals surface area contributed by atoms with Crippen LogP contribution in [0.4, 0.5) is 24.7 Å². The molecule has 120 valence electrons. The minimum Gasteiger partial charge on any atom is -0.306 e. The number of hydrogen-bond donors (Lipinski definition) is 1. The first-order chi connectivity index (χ1) is 10.7. The summed E-state index contributed by atoms with van der Waals surface area (Å²) in [6.07, 6.45) is -4.70. The molecule has 0 fully saturated rings. The van der Waals surface area contributed by atoms with E-state index in [1.54, 1.807) is 0 Å². The summed E-state index contributed by atoms with van der Waals surface area (Å²) in [4.78, 5) is 25.4. The smallest absolute Gasteiger partial charge is 0.306 e. The Kier molecular flexibility index (Phi) is 4.50. The highest BCUT2D eigenvalue weighted by Gasteiger charge is 2.34. The van der Waals surface area contributed by atoms with E-state index in [-0.39, 0.29) is 5.82 Å². The van der Waals surface area contributed by atoms with Crippen molar-refractivity contribution in [3.63, 3.8) is 0 Å². The molecule has 0 atom stereocenters. The molecule has 0 aliphatic heterocycles. The minimum atomic E-state index is -4.70. The molecule has 0 aliphatic carbocycles. The summed E-state index contributed by atoms with van der Waals surface area (Å²) in [5, 5.41) is 12.2. The standard InChI is InChI=1S/C13H7ClF3N3O3/c14-11-9(20(22)23)5-6-10(18-11)19-12(21)7-3-1-2-4-8(7)13(15,16)17/h1-6H,(H,18,19,21). The van der Waals surface area contributed by atoms with Gasteiger partial charge in [-0.1, -0.05) is 23.7 Å². The summed E-state index contributed by atoms with van der Waals surface area (Å²) < 4.78 is 38.6. The topological polar surface area (TPSA) is 85.1 Å². The Hall–Kier alpha value is -2.68. The fourth-order valence-corrected chi connectivity index (χ4v) is 1.97. The Morgan fingerprint density at radius 1 is 1.22 bits per heavy atom. The summed E-state index contributed by atoms with van der Waals surface area (Å²) in [6.45, 7) is 0. The Morgan fingerprint density at radius 2 is 1.87 bits per heavy atom. The Morgan fingerprint density at radius 3 is 2.43 bits per heavy atom. The number of rotatable bonds is 3. The highest BCUT2D eigenvalue weighted by molar-refractivity contribution is 6.31. The highest BCUT2D eigenvalue weighted by Crippen LogP contribution is 2.32. The fraction of sp³-hybridized carbons (Fsp3) is 0.0769. The average molecular weight is 346 g/mol. The lowest BCUT2D eigenvalue weighted by atomic mass is 10.1. The number of carbonyl (C=O) groups excluding carboxylic acids is 1. The van der Waals surface area contributed by atoms with Gasteiger partial charge in [0.05, 0.1) is 16.1 Å². The summed E-state index contributed by atoms with van der Waals surface area (Å²) in [6, 6.07) is 6.26. The van der Waals surface area contributed by atoms with Gasteiger partial charge in [-0.25, -0.2) is 4.98 Å². The summed E-state index contributed by atoms with van der Waals surface area (Å²) in [7, 11) is 0. The first-order valence-electron chi connectivity index (χ1n) is 5.98. The van der Waals surface area contributed by atoms with Crippen molar-refractivity contribution in [2.24, 2.45) is 0 Å². The summed E-state index contributed by atoms with van der Waals surface area (Å²) >= 11 is 5.57. The molecule has 2 rings (SSSR count). The number of nitrogens with one attached hydrogen (secondary N) is 1. The molecule has 1 aromatic carbocycles. The molecular weight excluding hydrogens is 339 g/mol. The number of nitro groups is 1. The molecule has 0 saturated heterocycles. The number of anilines is 1. The van der Waals surface area contributed by atoms with Crippen molar-refractivity contribution in [2.45, 2.75) is 6.18 Å². The van der Waals surface area contributed by atoms with Gasteiger partial charge in [0.2, 0.25) is 5.15 Å². The van der Waals surface area contributed by atoms with Crippen LogP contribution in [0.5, 0.6) is 0 Å². The van der Waals surface area contributed by atoms with E-state index in [1.807, 2.05) is 0 Å². The first kappa shape index (κ1) is 16.7. The van der Waals surface area contributed by atoms with Crippen molar-refractivity contribution in [1.82, 2.24) is 4.98 Å². The van der Waals surface area contributed by atoms with Crippen LogP contribution < -0.4 is 5.32 Å². The maximum atomic E-state index is 12.9. The molecule has 6 nitrogen and oxygen atoms in total. The number of nitrogens with zero attached hydrogens (tertiary/aromatic N) is 2. The van der Waals surface area contributed by atoms with Crippen LogP contribution in [0.15, 0.2) is 36.4 Å². The number of halogens is 4. The molecule has 0 aliphatic rings. The van der Waals surface area contributed by atoms with Crippen molar-refractivity contribution < 1.29 is 22.9 Å². The van der Waals surface area contributed by atoms with Gasteiger partial charge in [0.25, 0.3) is 5.91 Å². The predicted octanol–water partition coefficient (Wildman–Crippen LogP) is 3.91. The van der Waals surface area contributed by atoms with Crippen LogP contribution in [0.2, 0.25) is 5.15 Å². The molecule has 0 radical (unpaired) electrons.